The number of phenols is 1. The van der Waals surface area contributed by atoms with Crippen molar-refractivity contribution >= 4 is 0 Å². The van der Waals surface area contributed by atoms with E-state index in [0.29, 0.717) is 6.04 Å². The molecular weight excluding hydrogens is 169 g/mol. The van der Waals surface area contributed by atoms with Gasteiger partial charge in [0.25, 0.3) is 0 Å². The molecule has 2 nitrogen and oxygen atoms in total. The first-order chi connectivity index (χ1) is 6.16. The van der Waals surface area contributed by atoms with Crippen LogP contribution in [0.5, 0.6) is 5.75 Å². The van der Waals surface area contributed by atoms with Gasteiger partial charge in [-0.3, -0.25) is 0 Å². The summed E-state index contributed by atoms with van der Waals surface area (Å²) < 4.78 is 13.0. The monoisotopic (exact) mass is 182 g/mol. The number of rotatable bonds is 0. The van der Waals surface area contributed by atoms with Crippen molar-refractivity contribution in [3.8, 4) is 5.75 Å². The third kappa shape index (κ3) is 1.52. The summed E-state index contributed by atoms with van der Waals surface area (Å²) in [7, 11) is 0. The van der Waals surface area contributed by atoms with E-state index in [1.807, 2.05) is 0 Å². The molecular formula is C10H13FNO+. The van der Waals surface area contributed by atoms with Gasteiger partial charge in [-0.25, -0.2) is 4.39 Å². The molecule has 1 aliphatic rings. The van der Waals surface area contributed by atoms with Gasteiger partial charge >= 0.3 is 0 Å². The van der Waals surface area contributed by atoms with Gasteiger partial charge in [-0.15, -0.1) is 0 Å². The van der Waals surface area contributed by atoms with E-state index >= 15 is 0 Å². The molecule has 0 radical (unpaired) electrons. The van der Waals surface area contributed by atoms with Crippen LogP contribution in [-0.4, -0.2) is 11.1 Å². The number of aryl methyl sites for hydroxylation is 1. The molecule has 1 atom stereocenters. The summed E-state index contributed by atoms with van der Waals surface area (Å²) in [5.41, 5.74) is 6.03. The van der Waals surface area contributed by atoms with Gasteiger partial charge in [-0.05, 0) is 29.7 Å². The third-order valence-electron chi connectivity index (χ3n) is 2.60. The fourth-order valence-corrected chi connectivity index (χ4v) is 1.84. The van der Waals surface area contributed by atoms with Crippen molar-refractivity contribution in [1.29, 1.82) is 0 Å². The topological polar surface area (TPSA) is 47.9 Å². The molecule has 1 aromatic rings. The maximum absolute atomic E-state index is 13.0. The Balaban J connectivity index is 2.43. The second kappa shape index (κ2) is 3.00. The molecule has 0 aromatic heterocycles. The fraction of sp³-hybridized carbons (Fsp3) is 0.400. The van der Waals surface area contributed by atoms with Crippen molar-refractivity contribution in [2.45, 2.75) is 25.3 Å². The zero-order valence-electron chi connectivity index (χ0n) is 7.39. The van der Waals surface area contributed by atoms with Crippen LogP contribution >= 0.6 is 0 Å². The molecule has 0 saturated carbocycles. The molecule has 1 aliphatic carbocycles. The number of quaternary nitrogens is 1. The highest BCUT2D eigenvalue weighted by Crippen LogP contribution is 2.26. The van der Waals surface area contributed by atoms with Gasteiger partial charge in [0.15, 0.2) is 11.6 Å². The normalized spacial score (nSPS) is 21.2. The van der Waals surface area contributed by atoms with E-state index in [1.54, 1.807) is 0 Å². The highest BCUT2D eigenvalue weighted by Gasteiger charge is 2.19. The zero-order valence-corrected chi connectivity index (χ0v) is 7.39. The first kappa shape index (κ1) is 8.51. The predicted molar refractivity (Wildman–Crippen MR) is 46.8 cm³/mol. The van der Waals surface area contributed by atoms with Crippen LogP contribution in [-0.2, 0) is 12.8 Å². The van der Waals surface area contributed by atoms with E-state index in [-0.39, 0.29) is 5.75 Å². The van der Waals surface area contributed by atoms with Crippen LogP contribution in [0.25, 0.3) is 0 Å². The predicted octanol–water partition coefficient (Wildman–Crippen LogP) is 0.631. The maximum Gasteiger partial charge on any atom is 0.165 e. The van der Waals surface area contributed by atoms with E-state index in [1.165, 1.54) is 12.1 Å². The largest absolute Gasteiger partial charge is 0.505 e. The molecule has 2 rings (SSSR count). The Kier molecular flexibility index (Phi) is 1.96. The molecule has 70 valence electrons. The van der Waals surface area contributed by atoms with Crippen molar-refractivity contribution in [2.24, 2.45) is 0 Å². The SMILES string of the molecule is [NH3+]C1CCc2cc(O)c(F)cc2C1. The van der Waals surface area contributed by atoms with Crippen molar-refractivity contribution in [1.82, 2.24) is 0 Å². The minimum absolute atomic E-state index is 0.235. The summed E-state index contributed by atoms with van der Waals surface area (Å²) in [4.78, 5) is 0. The van der Waals surface area contributed by atoms with Crippen LogP contribution in [0.1, 0.15) is 17.5 Å². The molecule has 0 saturated heterocycles. The molecule has 0 amide bonds. The van der Waals surface area contributed by atoms with E-state index < -0.39 is 5.82 Å². The number of hydrogen-bond donors (Lipinski definition) is 2. The Morgan fingerprint density at radius 2 is 2.15 bits per heavy atom. The molecule has 0 bridgehead atoms. The Bertz CT molecular complexity index is 338. The molecule has 4 N–H and O–H groups in total. The lowest BCUT2D eigenvalue weighted by atomic mass is 9.88. The highest BCUT2D eigenvalue weighted by molar-refractivity contribution is 5.38. The van der Waals surface area contributed by atoms with Crippen molar-refractivity contribution in [3.05, 3.63) is 29.1 Å². The summed E-state index contributed by atoms with van der Waals surface area (Å²) in [5.74, 6) is -0.755. The van der Waals surface area contributed by atoms with Gasteiger partial charge < -0.3 is 10.8 Å². The average molecular weight is 182 g/mol. The summed E-state index contributed by atoms with van der Waals surface area (Å²) in [6.45, 7) is 0. The van der Waals surface area contributed by atoms with E-state index in [9.17, 15) is 4.39 Å². The van der Waals surface area contributed by atoms with Crippen LogP contribution in [0, 0.1) is 5.82 Å². The van der Waals surface area contributed by atoms with Gasteiger partial charge in [-0.2, -0.15) is 0 Å². The average Bonchev–Trinajstić information content (AvgIpc) is 2.08. The van der Waals surface area contributed by atoms with Crippen molar-refractivity contribution in [2.75, 3.05) is 0 Å². The molecule has 0 spiro atoms. The lowest BCUT2D eigenvalue weighted by Crippen LogP contribution is -2.62. The Hall–Kier alpha value is -1.09. The second-order valence-corrected chi connectivity index (χ2v) is 3.68. The standard InChI is InChI=1S/C10H12FNO/c11-9-4-7-3-8(12)2-1-6(7)5-10(9)13/h4-5,8,13H,1-3,12H2/p+1. The molecule has 1 aromatic carbocycles. The highest BCUT2D eigenvalue weighted by atomic mass is 19.1. The van der Waals surface area contributed by atoms with Gasteiger partial charge in [0.05, 0.1) is 6.04 Å². The van der Waals surface area contributed by atoms with Crippen LogP contribution in [0.2, 0.25) is 0 Å². The first-order valence-electron chi connectivity index (χ1n) is 4.50. The minimum Gasteiger partial charge on any atom is -0.505 e. The minimum atomic E-state index is -0.521. The number of benzene rings is 1. The maximum atomic E-state index is 13.0. The lowest BCUT2D eigenvalue weighted by molar-refractivity contribution is -0.421. The van der Waals surface area contributed by atoms with Crippen molar-refractivity contribution in [3.63, 3.8) is 0 Å². The van der Waals surface area contributed by atoms with Crippen LogP contribution in [0.3, 0.4) is 0 Å². The summed E-state index contributed by atoms with van der Waals surface area (Å²) in [6.07, 6.45) is 2.75. The number of hydrogen-bond acceptors (Lipinski definition) is 1. The van der Waals surface area contributed by atoms with Gasteiger partial charge in [0.2, 0.25) is 0 Å². The zero-order chi connectivity index (χ0) is 9.42. The van der Waals surface area contributed by atoms with Crippen molar-refractivity contribution < 1.29 is 15.2 Å². The lowest BCUT2D eigenvalue weighted by Gasteiger charge is -2.19. The van der Waals surface area contributed by atoms with E-state index in [0.717, 1.165) is 30.4 Å². The molecule has 0 fully saturated rings. The summed E-state index contributed by atoms with van der Waals surface area (Å²) >= 11 is 0. The van der Waals surface area contributed by atoms with Gasteiger partial charge in [0.1, 0.15) is 0 Å². The number of phenolic OH excluding ortho intramolecular Hbond substituents is 1. The summed E-state index contributed by atoms with van der Waals surface area (Å²) in [5, 5.41) is 9.15. The van der Waals surface area contributed by atoms with E-state index in [2.05, 4.69) is 5.73 Å². The molecule has 0 aliphatic heterocycles. The number of halogens is 1. The van der Waals surface area contributed by atoms with Gasteiger partial charge in [0, 0.05) is 12.8 Å². The Labute approximate surface area is 76.2 Å². The number of fused-ring (bicyclic) bond motifs is 1. The number of aromatic hydroxyl groups is 1. The van der Waals surface area contributed by atoms with Crippen LogP contribution < -0.4 is 5.73 Å². The fourth-order valence-electron chi connectivity index (χ4n) is 1.84. The Morgan fingerprint density at radius 3 is 2.92 bits per heavy atom. The molecule has 1 unspecified atom stereocenters. The van der Waals surface area contributed by atoms with Crippen LogP contribution in [0.15, 0.2) is 12.1 Å². The van der Waals surface area contributed by atoms with E-state index in [4.69, 9.17) is 5.11 Å². The quantitative estimate of drug-likeness (QED) is 0.607. The van der Waals surface area contributed by atoms with Gasteiger partial charge in [-0.1, -0.05) is 0 Å². The first-order valence-corrected chi connectivity index (χ1v) is 4.50. The smallest absolute Gasteiger partial charge is 0.165 e. The van der Waals surface area contributed by atoms with Crippen LogP contribution in [0.4, 0.5) is 4.39 Å². The molecule has 3 heteroatoms. The Morgan fingerprint density at radius 1 is 1.38 bits per heavy atom. The molecule has 13 heavy (non-hydrogen) atoms. The third-order valence-corrected chi connectivity index (χ3v) is 2.60. The summed E-state index contributed by atoms with van der Waals surface area (Å²) in [6, 6.07) is 3.36. The second-order valence-electron chi connectivity index (χ2n) is 3.68. The molecule has 0 heterocycles.